The molecule has 0 saturated heterocycles. The van der Waals surface area contributed by atoms with Crippen LogP contribution in [0.2, 0.25) is 0 Å². The Hall–Kier alpha value is -2.86. The molecule has 29 heavy (non-hydrogen) atoms. The number of benzene rings is 2. The van der Waals surface area contributed by atoms with Gasteiger partial charge < -0.3 is 21.1 Å². The Morgan fingerprint density at radius 3 is 2.31 bits per heavy atom. The number of nitrogens with one attached hydrogen (secondary N) is 3. The largest absolute Gasteiger partial charge is 0.384 e. The normalized spacial score (nSPS) is 13.7. The van der Waals surface area contributed by atoms with Crippen molar-refractivity contribution in [1.29, 1.82) is 0 Å². The van der Waals surface area contributed by atoms with Crippen LogP contribution in [0.3, 0.4) is 0 Å². The van der Waals surface area contributed by atoms with E-state index in [9.17, 15) is 9.90 Å². The lowest BCUT2D eigenvalue weighted by Gasteiger charge is -2.25. The van der Waals surface area contributed by atoms with Crippen molar-refractivity contribution in [3.8, 4) is 0 Å². The number of aliphatic hydroxyl groups is 1. The molecule has 0 bridgehead atoms. The maximum Gasteiger partial charge on any atom is 0.226 e. The van der Waals surface area contributed by atoms with Gasteiger partial charge in [-0.25, -0.2) is 4.99 Å². The Balaban J connectivity index is 1.97. The molecule has 6 nitrogen and oxygen atoms in total. The molecule has 0 radical (unpaired) electrons. The zero-order chi connectivity index (χ0) is 21.3. The summed E-state index contributed by atoms with van der Waals surface area (Å²) in [4.78, 5) is 16.4. The molecule has 2 aromatic rings. The molecule has 1 unspecified atom stereocenters. The molecule has 0 aromatic heterocycles. The molecule has 0 aliphatic carbocycles. The molecule has 156 valence electrons. The first kappa shape index (κ1) is 22.4. The number of rotatable bonds is 8. The van der Waals surface area contributed by atoms with Crippen molar-refractivity contribution < 1.29 is 9.90 Å². The minimum atomic E-state index is -1.01. The van der Waals surface area contributed by atoms with E-state index in [1.807, 2.05) is 75.4 Å². The summed E-state index contributed by atoms with van der Waals surface area (Å²) >= 11 is 0. The van der Waals surface area contributed by atoms with Gasteiger partial charge in [-0.2, -0.15) is 0 Å². The topological polar surface area (TPSA) is 85.8 Å². The van der Waals surface area contributed by atoms with E-state index >= 15 is 0 Å². The van der Waals surface area contributed by atoms with E-state index < -0.39 is 5.60 Å². The number of aliphatic imine (C=N–C) groups is 1. The van der Waals surface area contributed by atoms with Gasteiger partial charge >= 0.3 is 0 Å². The van der Waals surface area contributed by atoms with Crippen LogP contribution in [0.4, 0.5) is 5.69 Å². The van der Waals surface area contributed by atoms with Gasteiger partial charge in [0.25, 0.3) is 0 Å². The van der Waals surface area contributed by atoms with Crippen molar-refractivity contribution in [3.05, 3.63) is 65.7 Å². The summed E-state index contributed by atoms with van der Waals surface area (Å²) in [5.74, 6) is 0.585. The van der Waals surface area contributed by atoms with Gasteiger partial charge in [0.15, 0.2) is 5.96 Å². The molecule has 0 saturated carbocycles. The van der Waals surface area contributed by atoms with Crippen LogP contribution in [-0.4, -0.2) is 30.1 Å². The SMILES string of the molecule is CCNC(=NCc1ccc(NC(=O)C(C)C)cc1)NCC(C)(O)c1ccccc1. The maximum atomic E-state index is 11.8. The third kappa shape index (κ3) is 7.23. The molecule has 2 aromatic carbocycles. The molecule has 0 spiro atoms. The van der Waals surface area contributed by atoms with Crippen molar-refractivity contribution in [1.82, 2.24) is 10.6 Å². The molecule has 4 N–H and O–H groups in total. The fraction of sp³-hybridized carbons (Fsp3) is 0.391. The molecular weight excluding hydrogens is 364 g/mol. The molecule has 6 heteroatoms. The molecule has 0 fully saturated rings. The zero-order valence-corrected chi connectivity index (χ0v) is 17.7. The van der Waals surface area contributed by atoms with Gasteiger partial charge in [0.1, 0.15) is 5.60 Å². The van der Waals surface area contributed by atoms with E-state index in [0.29, 0.717) is 19.0 Å². The van der Waals surface area contributed by atoms with Gasteiger partial charge in [0.2, 0.25) is 5.91 Å². The third-order valence-electron chi connectivity index (χ3n) is 4.51. The van der Waals surface area contributed by atoms with Crippen LogP contribution in [0.25, 0.3) is 0 Å². The summed E-state index contributed by atoms with van der Waals surface area (Å²) in [5.41, 5.74) is 1.65. The quantitative estimate of drug-likeness (QED) is 0.408. The smallest absolute Gasteiger partial charge is 0.226 e. The first-order valence-electron chi connectivity index (χ1n) is 10.0. The van der Waals surface area contributed by atoms with Crippen LogP contribution >= 0.6 is 0 Å². The molecule has 0 heterocycles. The molecule has 1 atom stereocenters. The fourth-order valence-corrected chi connectivity index (χ4v) is 2.65. The van der Waals surface area contributed by atoms with Crippen molar-refractivity contribution in [2.45, 2.75) is 39.8 Å². The standard InChI is InChI=1S/C23H32N4O2/c1-5-24-22(26-16-23(4,29)19-9-7-6-8-10-19)25-15-18-11-13-20(14-12-18)27-21(28)17(2)3/h6-14,17,29H,5,15-16H2,1-4H3,(H,27,28)(H2,24,25,26). The van der Waals surface area contributed by atoms with E-state index in [4.69, 9.17) is 0 Å². The van der Waals surface area contributed by atoms with E-state index in [-0.39, 0.29) is 11.8 Å². The van der Waals surface area contributed by atoms with Crippen LogP contribution in [-0.2, 0) is 16.9 Å². The Kier molecular flexibility index (Phi) is 8.21. The van der Waals surface area contributed by atoms with Crippen LogP contribution in [0.15, 0.2) is 59.6 Å². The Bertz CT molecular complexity index is 799. The van der Waals surface area contributed by atoms with Crippen molar-refractivity contribution in [2.75, 3.05) is 18.4 Å². The average molecular weight is 397 g/mol. The summed E-state index contributed by atoms with van der Waals surface area (Å²) in [7, 11) is 0. The van der Waals surface area contributed by atoms with Gasteiger partial charge in [-0.15, -0.1) is 0 Å². The Morgan fingerprint density at radius 1 is 1.07 bits per heavy atom. The predicted molar refractivity (Wildman–Crippen MR) is 119 cm³/mol. The summed E-state index contributed by atoms with van der Waals surface area (Å²) in [6.07, 6.45) is 0. The predicted octanol–water partition coefficient (Wildman–Crippen LogP) is 3.24. The van der Waals surface area contributed by atoms with E-state index in [2.05, 4.69) is 20.9 Å². The highest BCUT2D eigenvalue weighted by Crippen LogP contribution is 2.19. The highest BCUT2D eigenvalue weighted by atomic mass is 16.3. The van der Waals surface area contributed by atoms with Crippen LogP contribution in [0.5, 0.6) is 0 Å². The summed E-state index contributed by atoms with van der Waals surface area (Å²) in [6.45, 7) is 9.05. The summed E-state index contributed by atoms with van der Waals surface area (Å²) in [5, 5.41) is 20.0. The molecular formula is C23H32N4O2. The number of hydrogen-bond acceptors (Lipinski definition) is 3. The first-order chi connectivity index (χ1) is 13.8. The monoisotopic (exact) mass is 396 g/mol. The second kappa shape index (κ2) is 10.6. The van der Waals surface area contributed by atoms with Gasteiger partial charge in [-0.05, 0) is 37.1 Å². The minimum absolute atomic E-state index is 0.000119. The molecule has 0 aliphatic rings. The third-order valence-corrected chi connectivity index (χ3v) is 4.51. The van der Waals surface area contributed by atoms with Gasteiger partial charge in [0.05, 0.1) is 13.1 Å². The van der Waals surface area contributed by atoms with E-state index in [0.717, 1.165) is 23.4 Å². The molecule has 2 rings (SSSR count). The van der Waals surface area contributed by atoms with Crippen molar-refractivity contribution in [3.63, 3.8) is 0 Å². The fourth-order valence-electron chi connectivity index (χ4n) is 2.65. The first-order valence-corrected chi connectivity index (χ1v) is 10.0. The second-order valence-corrected chi connectivity index (χ2v) is 7.53. The van der Waals surface area contributed by atoms with Gasteiger partial charge in [-0.3, -0.25) is 4.79 Å². The zero-order valence-electron chi connectivity index (χ0n) is 17.7. The lowest BCUT2D eigenvalue weighted by molar-refractivity contribution is -0.118. The van der Waals surface area contributed by atoms with Gasteiger partial charge in [-0.1, -0.05) is 56.3 Å². The highest BCUT2D eigenvalue weighted by Gasteiger charge is 2.22. The Morgan fingerprint density at radius 2 is 1.72 bits per heavy atom. The summed E-state index contributed by atoms with van der Waals surface area (Å²) < 4.78 is 0. The second-order valence-electron chi connectivity index (χ2n) is 7.53. The lowest BCUT2D eigenvalue weighted by Crippen LogP contribution is -2.44. The van der Waals surface area contributed by atoms with Crippen LogP contribution < -0.4 is 16.0 Å². The van der Waals surface area contributed by atoms with Crippen molar-refractivity contribution >= 4 is 17.6 Å². The number of carbonyl (C=O) groups excluding carboxylic acids is 1. The summed E-state index contributed by atoms with van der Waals surface area (Å²) in [6, 6.07) is 17.2. The molecule has 1 amide bonds. The molecule has 0 aliphatic heterocycles. The number of guanidine groups is 1. The maximum absolute atomic E-state index is 11.8. The van der Waals surface area contributed by atoms with Crippen LogP contribution in [0.1, 0.15) is 38.8 Å². The highest BCUT2D eigenvalue weighted by molar-refractivity contribution is 5.92. The van der Waals surface area contributed by atoms with Gasteiger partial charge in [0, 0.05) is 18.2 Å². The number of hydrogen-bond donors (Lipinski definition) is 4. The lowest BCUT2D eigenvalue weighted by atomic mass is 9.96. The number of amides is 1. The number of anilines is 1. The number of carbonyl (C=O) groups is 1. The van der Waals surface area contributed by atoms with E-state index in [1.54, 1.807) is 6.92 Å². The van der Waals surface area contributed by atoms with Crippen molar-refractivity contribution in [2.24, 2.45) is 10.9 Å². The Labute approximate surface area is 173 Å². The average Bonchev–Trinajstić information content (AvgIpc) is 2.71. The minimum Gasteiger partial charge on any atom is -0.384 e. The van der Waals surface area contributed by atoms with Crippen LogP contribution in [0, 0.1) is 5.92 Å². The number of nitrogens with zero attached hydrogens (tertiary/aromatic N) is 1. The van der Waals surface area contributed by atoms with E-state index in [1.165, 1.54) is 0 Å².